The van der Waals surface area contributed by atoms with Crippen molar-refractivity contribution in [3.63, 3.8) is 0 Å². The molecule has 11 nitrogen and oxygen atoms in total. The molecule has 11 heteroatoms. The van der Waals surface area contributed by atoms with Gasteiger partial charge in [-0.2, -0.15) is 0 Å². The topological polar surface area (TPSA) is 147 Å². The van der Waals surface area contributed by atoms with Crippen LogP contribution in [0.3, 0.4) is 0 Å². The lowest BCUT2D eigenvalue weighted by Gasteiger charge is -2.70. The van der Waals surface area contributed by atoms with Crippen LogP contribution in [0.1, 0.15) is 30.1 Å². The second-order valence-electron chi connectivity index (χ2n) is 13.9. The fourth-order valence-electron chi connectivity index (χ4n) is 11.9. The number of methoxy groups -OCH3 is 4. The van der Waals surface area contributed by atoms with Crippen molar-refractivity contribution in [1.82, 2.24) is 4.90 Å². The molecule has 5 aliphatic carbocycles. The molecule has 15 atom stereocenters. The molecule has 1 saturated heterocycles. The number of aliphatic hydroxyl groups excluding tert-OH is 2. The number of carbonyl (C=O) groups excluding carboxylic acids is 1. The molecule has 6 fully saturated rings. The number of hydrogen-bond acceptors (Lipinski definition) is 11. The summed E-state index contributed by atoms with van der Waals surface area (Å²) in [5, 5.41) is 49.7. The van der Waals surface area contributed by atoms with E-state index >= 15 is 0 Å². The van der Waals surface area contributed by atoms with Crippen molar-refractivity contribution in [2.45, 2.75) is 73.6 Å². The first-order valence-electron chi connectivity index (χ1n) is 15.5. The van der Waals surface area contributed by atoms with Gasteiger partial charge >= 0.3 is 5.97 Å². The lowest BCUT2D eigenvalue weighted by Crippen LogP contribution is -2.81. The summed E-state index contributed by atoms with van der Waals surface area (Å²) in [6.07, 6.45) is -5.27. The van der Waals surface area contributed by atoms with Gasteiger partial charge in [-0.15, -0.1) is 0 Å². The summed E-state index contributed by atoms with van der Waals surface area (Å²) in [5.41, 5.74) is -4.81. The number of ether oxygens (including phenoxy) is 5. The summed E-state index contributed by atoms with van der Waals surface area (Å²) in [4.78, 5) is 15.8. The van der Waals surface area contributed by atoms with Crippen LogP contribution < -0.4 is 0 Å². The Morgan fingerprint density at radius 3 is 2.33 bits per heavy atom. The molecule has 0 aromatic heterocycles. The average Bonchev–Trinajstić information content (AvgIpc) is 3.39. The van der Waals surface area contributed by atoms with E-state index in [1.54, 1.807) is 51.7 Å². The smallest absolute Gasteiger partial charge is 0.338 e. The molecule has 1 aromatic rings. The molecule has 238 valence electrons. The molecule has 7 rings (SSSR count). The Morgan fingerprint density at radius 1 is 1.00 bits per heavy atom. The van der Waals surface area contributed by atoms with E-state index in [0.717, 1.165) is 0 Å². The SMILES string of the molecule is CCN1C[C@]2(COC)[C@H](O)C[C@H](OC)C34C1C([C@H](OC)[C@@H]32)[C@]1(O)[C@@H]2[C@H]4C[C@@](O)([C@@H]2OC(=O)c2ccccc2)[C@@H](OC)[C@@H]1O. The molecule has 0 radical (unpaired) electrons. The van der Waals surface area contributed by atoms with E-state index in [2.05, 4.69) is 11.8 Å². The molecule has 1 heterocycles. The fourth-order valence-corrected chi connectivity index (χ4v) is 11.9. The van der Waals surface area contributed by atoms with Crippen LogP contribution in [-0.4, -0.2) is 133 Å². The molecule has 4 N–H and O–H groups in total. The van der Waals surface area contributed by atoms with Gasteiger partial charge in [-0.25, -0.2) is 4.79 Å². The summed E-state index contributed by atoms with van der Waals surface area (Å²) in [5.74, 6) is -2.94. The second-order valence-corrected chi connectivity index (χ2v) is 13.9. The van der Waals surface area contributed by atoms with Crippen molar-refractivity contribution in [1.29, 1.82) is 0 Å². The van der Waals surface area contributed by atoms with E-state index in [1.165, 1.54) is 7.11 Å². The third kappa shape index (κ3) is 3.28. The number of nitrogens with zero attached hydrogens (tertiary/aromatic N) is 1. The summed E-state index contributed by atoms with van der Waals surface area (Å²) >= 11 is 0. The number of fused-ring (bicyclic) bond motifs is 2. The third-order valence-corrected chi connectivity index (χ3v) is 12.9. The maximum Gasteiger partial charge on any atom is 0.338 e. The van der Waals surface area contributed by atoms with Crippen molar-refractivity contribution in [2.24, 2.45) is 34.5 Å². The Balaban J connectivity index is 1.48. The van der Waals surface area contributed by atoms with E-state index in [1.807, 2.05) is 0 Å². The highest BCUT2D eigenvalue weighted by Gasteiger charge is 2.91. The Kier molecular flexibility index (Phi) is 6.92. The minimum atomic E-state index is -1.86. The summed E-state index contributed by atoms with van der Waals surface area (Å²) in [7, 11) is 6.29. The number of benzene rings is 1. The minimum absolute atomic E-state index is 0.106. The monoisotopic (exact) mass is 603 g/mol. The van der Waals surface area contributed by atoms with Gasteiger partial charge in [0.25, 0.3) is 0 Å². The van der Waals surface area contributed by atoms with Crippen LogP contribution in [0.4, 0.5) is 0 Å². The predicted octanol–water partition coefficient (Wildman–Crippen LogP) is 0.0773. The molecule has 6 aliphatic rings. The van der Waals surface area contributed by atoms with Crippen molar-refractivity contribution >= 4 is 5.97 Å². The zero-order chi connectivity index (χ0) is 30.7. The molecule has 43 heavy (non-hydrogen) atoms. The Morgan fingerprint density at radius 2 is 1.72 bits per heavy atom. The van der Waals surface area contributed by atoms with E-state index < -0.39 is 82.4 Å². The van der Waals surface area contributed by atoms with E-state index in [4.69, 9.17) is 23.7 Å². The van der Waals surface area contributed by atoms with Crippen molar-refractivity contribution < 1.29 is 48.9 Å². The number of esters is 1. The molecule has 7 bridgehead atoms. The number of rotatable bonds is 8. The van der Waals surface area contributed by atoms with Gasteiger partial charge in [0.15, 0.2) is 0 Å². The van der Waals surface area contributed by atoms with Crippen LogP contribution in [0, 0.1) is 34.5 Å². The Hall–Kier alpha value is -1.67. The van der Waals surface area contributed by atoms with Gasteiger partial charge in [0.05, 0.1) is 30.5 Å². The van der Waals surface area contributed by atoms with Crippen LogP contribution in [-0.2, 0) is 23.7 Å². The first-order valence-corrected chi connectivity index (χ1v) is 15.5. The molecule has 0 amide bonds. The number of likely N-dealkylation sites (tertiary alicyclic amines) is 1. The Labute approximate surface area is 252 Å². The molecule has 3 unspecified atom stereocenters. The number of hydrogen-bond donors (Lipinski definition) is 4. The highest BCUT2D eigenvalue weighted by molar-refractivity contribution is 5.89. The van der Waals surface area contributed by atoms with Gasteiger partial charge in [0.2, 0.25) is 0 Å². The van der Waals surface area contributed by atoms with Gasteiger partial charge in [-0.05, 0) is 31.0 Å². The number of aliphatic hydroxyl groups is 4. The zero-order valence-corrected chi connectivity index (χ0v) is 25.5. The maximum absolute atomic E-state index is 13.6. The summed E-state index contributed by atoms with van der Waals surface area (Å²) in [6.45, 7) is 3.46. The second kappa shape index (κ2) is 9.91. The van der Waals surface area contributed by atoms with Crippen LogP contribution in [0.15, 0.2) is 30.3 Å². The maximum atomic E-state index is 13.6. The first kappa shape index (κ1) is 30.0. The van der Waals surface area contributed by atoms with Crippen molar-refractivity contribution in [3.8, 4) is 0 Å². The first-order chi connectivity index (χ1) is 20.6. The fraction of sp³-hybridized carbons (Fsp3) is 0.781. The summed E-state index contributed by atoms with van der Waals surface area (Å²) in [6, 6.07) is 8.25. The molecule has 1 aromatic carbocycles. The van der Waals surface area contributed by atoms with Crippen molar-refractivity contribution in [2.75, 3.05) is 48.1 Å². The van der Waals surface area contributed by atoms with Gasteiger partial charge in [-0.1, -0.05) is 25.1 Å². The summed E-state index contributed by atoms with van der Waals surface area (Å²) < 4.78 is 30.5. The van der Waals surface area contributed by atoms with Gasteiger partial charge in [0, 0.05) is 76.0 Å². The van der Waals surface area contributed by atoms with Gasteiger partial charge < -0.3 is 44.1 Å². The van der Waals surface area contributed by atoms with Crippen LogP contribution in [0.2, 0.25) is 0 Å². The van der Waals surface area contributed by atoms with Crippen LogP contribution in [0.25, 0.3) is 0 Å². The average molecular weight is 604 g/mol. The predicted molar refractivity (Wildman–Crippen MR) is 151 cm³/mol. The molecule has 1 aliphatic heterocycles. The quantitative estimate of drug-likeness (QED) is 0.300. The Bertz CT molecular complexity index is 1250. The molecular weight excluding hydrogens is 558 g/mol. The number of carbonyl (C=O) groups is 1. The number of piperidine rings is 1. The molecule has 1 spiro atoms. The highest BCUT2D eigenvalue weighted by Crippen LogP contribution is 2.80. The van der Waals surface area contributed by atoms with Gasteiger partial charge in [-0.3, -0.25) is 4.90 Å². The van der Waals surface area contributed by atoms with Crippen LogP contribution in [0.5, 0.6) is 0 Å². The van der Waals surface area contributed by atoms with Crippen molar-refractivity contribution in [3.05, 3.63) is 35.9 Å². The lowest BCUT2D eigenvalue weighted by molar-refractivity contribution is -0.320. The van der Waals surface area contributed by atoms with E-state index in [0.29, 0.717) is 25.1 Å². The largest absolute Gasteiger partial charge is 0.455 e. The van der Waals surface area contributed by atoms with Gasteiger partial charge in [0.1, 0.15) is 29.5 Å². The molecule has 5 saturated carbocycles. The van der Waals surface area contributed by atoms with E-state index in [9.17, 15) is 25.2 Å². The van der Waals surface area contributed by atoms with E-state index in [-0.39, 0.29) is 25.0 Å². The highest BCUT2D eigenvalue weighted by atomic mass is 16.6. The molecular formula is C32H45NO10. The minimum Gasteiger partial charge on any atom is -0.455 e. The standard InChI is InChI=1S/C32H45NO10/c1-6-33-14-29(15-39-2)18(34)12-19(40-3)31-17-13-30(37)26(43-28(36)16-10-8-7-9-11-16)20(17)32(38,25(35)27(30)42-5)21(24(31)33)22(41-4)23(29)31/h7-11,17-27,34-35,37-38H,6,12-15H2,1-5H3/t17-,18-,19+,20-,21?,22+,23-,24?,25+,26-,27+,29+,30-,31?,32-/m1/s1. The van der Waals surface area contributed by atoms with Crippen LogP contribution >= 0.6 is 0 Å². The lowest BCUT2D eigenvalue weighted by atomic mass is 9.42. The zero-order valence-electron chi connectivity index (χ0n) is 25.5. The third-order valence-electron chi connectivity index (χ3n) is 12.9. The normalized spacial score (nSPS) is 52.7.